The maximum absolute atomic E-state index is 10.6. The van der Waals surface area contributed by atoms with E-state index in [9.17, 15) is 39.6 Å². The number of carboxylic acid groups (broad SMARTS) is 4. The molecule has 434 valence electrons. The van der Waals surface area contributed by atoms with E-state index in [1.165, 1.54) is 97.1 Å². The zero-order valence-corrected chi connectivity index (χ0v) is 48.1. The van der Waals surface area contributed by atoms with Crippen LogP contribution < -0.4 is 29.9 Å². The Labute approximate surface area is 526 Å². The molecule has 6 aromatic heterocycles. The summed E-state index contributed by atoms with van der Waals surface area (Å²) in [5, 5.41) is 42.2. The largest absolute Gasteiger partial charge is 2.00 e. The average molecular weight is 1250 g/mol. The molecule has 18 heteroatoms. The van der Waals surface area contributed by atoms with E-state index >= 15 is 0 Å². The van der Waals surface area contributed by atoms with Crippen molar-refractivity contribution in [3.63, 3.8) is 0 Å². The van der Waals surface area contributed by atoms with Gasteiger partial charge in [0.2, 0.25) is 0 Å². The van der Waals surface area contributed by atoms with E-state index in [-0.39, 0.29) is 55.8 Å². The fraction of sp³-hybridized carbons (Fsp3) is 0. The normalized spacial score (nSPS) is 10.0. The second-order valence-electron chi connectivity index (χ2n) is 18.3. The summed E-state index contributed by atoms with van der Waals surface area (Å²) in [5.41, 5.74) is 11.5. The third kappa shape index (κ3) is 18.4. The molecule has 0 aliphatic heterocycles. The number of aromatic nitrogens is 6. The Kier molecular flexibility index (Phi) is 23.5. The van der Waals surface area contributed by atoms with Gasteiger partial charge in [-0.1, -0.05) is 84.9 Å². The molecule has 6 heterocycles. The van der Waals surface area contributed by atoms with Crippen LogP contribution in [0.2, 0.25) is 0 Å². The number of carbonyl (C=O) groups excluding carboxylic acids is 4. The predicted molar refractivity (Wildman–Crippen MR) is 316 cm³/mol. The fourth-order valence-corrected chi connectivity index (χ4v) is 8.15. The van der Waals surface area contributed by atoms with Crippen LogP contribution in [0.5, 0.6) is 23.0 Å². The number of rotatable bonds is 14. The van der Waals surface area contributed by atoms with Crippen molar-refractivity contribution in [3.05, 3.63) is 302 Å². The number of hydrogen-bond acceptors (Lipinski definition) is 16. The van der Waals surface area contributed by atoms with Crippen molar-refractivity contribution < 1.29 is 82.6 Å². The molecular weight excluding hydrogens is 1200 g/mol. The molecule has 12 rings (SSSR count). The molecule has 0 spiro atoms. The van der Waals surface area contributed by atoms with Crippen molar-refractivity contribution in [3.8, 4) is 90.8 Å². The number of carbonyl (C=O) groups is 4. The smallest absolute Gasteiger partial charge is 0.545 e. The van der Waals surface area contributed by atoms with Gasteiger partial charge in [-0.3, -0.25) is 19.9 Å². The van der Waals surface area contributed by atoms with Gasteiger partial charge in [0.05, 0.1) is 69.4 Å². The zero-order chi connectivity index (χ0) is 60.0. The van der Waals surface area contributed by atoms with Gasteiger partial charge in [-0.2, -0.15) is 0 Å². The molecule has 0 aliphatic rings. The number of nitrogens with zero attached hydrogens (tertiary/aromatic N) is 6. The molecule has 0 unspecified atom stereocenters. The van der Waals surface area contributed by atoms with Crippen molar-refractivity contribution in [2.24, 2.45) is 0 Å². The van der Waals surface area contributed by atoms with E-state index in [1.807, 2.05) is 109 Å². The second kappa shape index (κ2) is 32.1. The van der Waals surface area contributed by atoms with Gasteiger partial charge in [0.15, 0.2) is 0 Å². The predicted octanol–water partition coefficient (Wildman–Crippen LogP) is 10.2. The van der Waals surface area contributed by atoms with Crippen molar-refractivity contribution >= 4 is 23.9 Å². The molecule has 0 saturated heterocycles. The van der Waals surface area contributed by atoms with Crippen LogP contribution in [-0.2, 0) is 33.6 Å². The zero-order valence-electron chi connectivity index (χ0n) is 46.0. The molecule has 0 aliphatic carbocycles. The van der Waals surface area contributed by atoms with Crippen molar-refractivity contribution in [2.75, 3.05) is 0 Å². The monoisotopic (exact) mass is 1250 g/mol. The minimum absolute atomic E-state index is 0. The topological polar surface area (TPSA) is 256 Å². The maximum Gasteiger partial charge on any atom is 2.00 e. The molecule has 0 fully saturated rings. The third-order valence-electron chi connectivity index (χ3n) is 12.4. The van der Waals surface area contributed by atoms with Crippen LogP contribution in [0.3, 0.4) is 0 Å². The van der Waals surface area contributed by atoms with E-state index in [2.05, 4.69) is 68.5 Å². The van der Waals surface area contributed by atoms with Gasteiger partial charge in [0.1, 0.15) is 23.0 Å². The summed E-state index contributed by atoms with van der Waals surface area (Å²) >= 11 is 0. The first-order valence-electron chi connectivity index (χ1n) is 26.3. The molecule has 0 bridgehead atoms. The molecule has 0 N–H and O–H groups in total. The van der Waals surface area contributed by atoms with Gasteiger partial charge in [-0.05, 0) is 214 Å². The number of aromatic carboxylic acids is 4. The first-order valence-corrected chi connectivity index (χ1v) is 26.3. The molecule has 16 nitrogen and oxygen atoms in total. The average Bonchev–Trinajstić information content (AvgIpc) is 3.49. The van der Waals surface area contributed by atoms with Crippen LogP contribution in [0.1, 0.15) is 41.4 Å². The van der Waals surface area contributed by atoms with Crippen LogP contribution in [-0.4, -0.2) is 53.8 Å². The quantitative estimate of drug-likeness (QED) is 0.0981. The number of pyridine rings is 6. The summed E-state index contributed by atoms with van der Waals surface area (Å²) < 4.78 is 10.8. The summed E-state index contributed by atoms with van der Waals surface area (Å²) in [7, 11) is 0. The van der Waals surface area contributed by atoms with Crippen LogP contribution in [0.25, 0.3) is 67.8 Å². The SMILES string of the molecule is O=C([O-])c1ccc(Oc2ccc(C(=O)[O-])cc2)cc1.O=C([O-])c1ccc(Oc2ccc(C(=O)[O-])cc2)cc1.[Co+2].[Co+2].c1ccc(-c2cc(-c3ccccn3)nc(-c3ccccn3)c2)cc1.c1ccc(-c2cc(-c3ccccn3)nc(-c3ccccn3)c2)cc1. The van der Waals surface area contributed by atoms with Crippen LogP contribution in [0.4, 0.5) is 0 Å². The number of ether oxygens (including phenoxy) is 2. The van der Waals surface area contributed by atoms with Gasteiger partial charge >= 0.3 is 33.6 Å². The minimum Gasteiger partial charge on any atom is -0.545 e. The van der Waals surface area contributed by atoms with Gasteiger partial charge < -0.3 is 49.1 Å². The molecule has 0 amide bonds. The van der Waals surface area contributed by atoms with Gasteiger partial charge in [-0.25, -0.2) is 9.97 Å². The first-order chi connectivity index (χ1) is 41.9. The number of benzene rings is 6. The van der Waals surface area contributed by atoms with Crippen molar-refractivity contribution in [1.29, 1.82) is 0 Å². The first kappa shape index (κ1) is 64.3. The summed E-state index contributed by atoms with van der Waals surface area (Å²) in [5.74, 6) is -3.29. The van der Waals surface area contributed by atoms with Crippen LogP contribution in [0.15, 0.2) is 280 Å². The Morgan fingerprint density at radius 2 is 0.466 bits per heavy atom. The van der Waals surface area contributed by atoms with E-state index in [1.54, 1.807) is 24.8 Å². The third-order valence-corrected chi connectivity index (χ3v) is 12.4. The Balaban J connectivity index is 0.000000167. The van der Waals surface area contributed by atoms with Gasteiger partial charge in [0, 0.05) is 24.8 Å². The van der Waals surface area contributed by atoms with Crippen molar-refractivity contribution in [1.82, 2.24) is 29.9 Å². The van der Waals surface area contributed by atoms with Gasteiger partial charge in [-0.15, -0.1) is 0 Å². The number of hydrogen-bond donors (Lipinski definition) is 0. The summed E-state index contributed by atoms with van der Waals surface area (Å²) in [6, 6.07) is 75.0. The molecular formula is C70H46Co2N6O10. The fourth-order valence-electron chi connectivity index (χ4n) is 8.15. The molecule has 88 heavy (non-hydrogen) atoms. The molecule has 2 radical (unpaired) electrons. The Bertz CT molecular complexity index is 3520. The molecule has 0 atom stereocenters. The summed E-state index contributed by atoms with van der Waals surface area (Å²) in [6.45, 7) is 0. The van der Waals surface area contributed by atoms with E-state index in [0.717, 1.165) is 67.8 Å². The Hall–Kier alpha value is -11.3. The van der Waals surface area contributed by atoms with Crippen LogP contribution in [0, 0.1) is 0 Å². The maximum atomic E-state index is 10.6. The molecule has 12 aromatic rings. The van der Waals surface area contributed by atoms with Gasteiger partial charge in [0.25, 0.3) is 0 Å². The number of carboxylic acids is 4. The van der Waals surface area contributed by atoms with E-state index in [4.69, 9.17) is 19.4 Å². The Morgan fingerprint density at radius 3 is 0.659 bits per heavy atom. The van der Waals surface area contributed by atoms with E-state index < -0.39 is 23.9 Å². The molecule has 6 aromatic carbocycles. The van der Waals surface area contributed by atoms with Crippen molar-refractivity contribution in [2.45, 2.75) is 0 Å². The second-order valence-corrected chi connectivity index (χ2v) is 18.3. The van der Waals surface area contributed by atoms with Crippen LogP contribution >= 0.6 is 0 Å². The summed E-state index contributed by atoms with van der Waals surface area (Å²) in [4.78, 5) is 69.5. The minimum atomic E-state index is -1.26. The standard InChI is InChI=1S/2C21H15N3.2C14H10O5.2Co/c2*1-2-8-16(9-3-1)17-14-20(18-10-4-6-12-22-18)24-21(15-17)19-11-5-7-13-23-19;2*15-13(16)9-1-5-11(6-2-9)19-12-7-3-10(4-8-12)14(17)18;;/h2*1-15H;2*1-8H,(H,15,16)(H,17,18);;/q;;;;2*+2/p-4. The molecule has 0 saturated carbocycles. The van der Waals surface area contributed by atoms with E-state index in [0.29, 0.717) is 23.0 Å². The summed E-state index contributed by atoms with van der Waals surface area (Å²) in [6.07, 6.45) is 7.14. The Morgan fingerprint density at radius 1 is 0.250 bits per heavy atom.